The monoisotopic (exact) mass is 293 g/mol. The van der Waals surface area contributed by atoms with E-state index < -0.39 is 0 Å². The molecule has 0 saturated carbocycles. The predicted molar refractivity (Wildman–Crippen MR) is 86.1 cm³/mol. The van der Waals surface area contributed by atoms with Crippen molar-refractivity contribution < 1.29 is 4.39 Å². The normalized spacial score (nSPS) is 19.3. The van der Waals surface area contributed by atoms with E-state index >= 15 is 0 Å². The fraction of sp³-hybridized carbons (Fsp3) is 0.706. The Labute approximate surface area is 127 Å². The molecule has 1 aliphatic heterocycles. The summed E-state index contributed by atoms with van der Waals surface area (Å²) in [7, 11) is 0. The first-order chi connectivity index (χ1) is 10.1. The summed E-state index contributed by atoms with van der Waals surface area (Å²) in [6.45, 7) is 7.82. The van der Waals surface area contributed by atoms with Gasteiger partial charge in [0.2, 0.25) is 0 Å². The molecule has 0 aromatic carbocycles. The summed E-state index contributed by atoms with van der Waals surface area (Å²) < 4.78 is 14.8. The Morgan fingerprint density at radius 3 is 2.95 bits per heavy atom. The summed E-state index contributed by atoms with van der Waals surface area (Å²) in [5, 5.41) is 3.28. The van der Waals surface area contributed by atoms with Crippen LogP contribution in [-0.2, 0) is 6.54 Å². The highest BCUT2D eigenvalue weighted by molar-refractivity contribution is 5.44. The number of aromatic nitrogens is 1. The number of piperidine rings is 1. The summed E-state index contributed by atoms with van der Waals surface area (Å²) in [4.78, 5) is 6.54. The van der Waals surface area contributed by atoms with E-state index in [0.29, 0.717) is 24.4 Å². The minimum absolute atomic E-state index is 0.145. The van der Waals surface area contributed by atoms with Crippen molar-refractivity contribution >= 4 is 5.82 Å². The first-order valence-electron chi connectivity index (χ1n) is 8.26. The van der Waals surface area contributed by atoms with Crippen LogP contribution < -0.4 is 10.2 Å². The van der Waals surface area contributed by atoms with E-state index in [9.17, 15) is 4.39 Å². The van der Waals surface area contributed by atoms with Crippen molar-refractivity contribution in [1.29, 1.82) is 0 Å². The number of halogens is 1. The standard InChI is InChI=1S/C17H28FN3/c1-4-7-15-8-5-6-11-21(15)17-16(18)14(9-10-19-17)12-20-13(2)3/h9-10,13,15,20H,4-8,11-12H2,1-3H3. The summed E-state index contributed by atoms with van der Waals surface area (Å²) in [5.74, 6) is 0.407. The van der Waals surface area contributed by atoms with E-state index in [1.165, 1.54) is 6.42 Å². The molecule has 1 unspecified atom stereocenters. The Bertz CT molecular complexity index is 446. The van der Waals surface area contributed by atoms with E-state index in [4.69, 9.17) is 0 Å². The average molecular weight is 293 g/mol. The molecule has 2 heterocycles. The lowest BCUT2D eigenvalue weighted by molar-refractivity contribution is 0.424. The molecule has 21 heavy (non-hydrogen) atoms. The van der Waals surface area contributed by atoms with Crippen molar-refractivity contribution in [2.75, 3.05) is 11.4 Å². The molecule has 118 valence electrons. The number of hydrogen-bond donors (Lipinski definition) is 1. The van der Waals surface area contributed by atoms with E-state index in [2.05, 4.69) is 36.0 Å². The van der Waals surface area contributed by atoms with Crippen molar-refractivity contribution in [2.45, 2.75) is 71.5 Å². The van der Waals surface area contributed by atoms with Gasteiger partial charge in [-0.1, -0.05) is 27.2 Å². The zero-order valence-electron chi connectivity index (χ0n) is 13.5. The van der Waals surface area contributed by atoms with Crippen LogP contribution in [0.3, 0.4) is 0 Å². The SMILES string of the molecule is CCCC1CCCCN1c1nccc(CNC(C)C)c1F. The molecular weight excluding hydrogens is 265 g/mol. The fourth-order valence-electron chi connectivity index (χ4n) is 3.03. The lowest BCUT2D eigenvalue weighted by atomic mass is 9.98. The third-order valence-electron chi connectivity index (χ3n) is 4.17. The minimum atomic E-state index is -0.145. The van der Waals surface area contributed by atoms with Gasteiger partial charge in [0.25, 0.3) is 0 Å². The molecule has 0 spiro atoms. The van der Waals surface area contributed by atoms with Gasteiger partial charge in [-0.15, -0.1) is 0 Å². The molecule has 0 aliphatic carbocycles. The van der Waals surface area contributed by atoms with Gasteiger partial charge in [-0.05, 0) is 31.7 Å². The molecule has 1 saturated heterocycles. The van der Waals surface area contributed by atoms with E-state index in [1.54, 1.807) is 12.3 Å². The summed E-state index contributed by atoms with van der Waals surface area (Å²) >= 11 is 0. The molecule has 1 aliphatic rings. The molecule has 4 heteroatoms. The number of rotatable bonds is 6. The van der Waals surface area contributed by atoms with Gasteiger partial charge in [-0.2, -0.15) is 0 Å². The van der Waals surface area contributed by atoms with Crippen LogP contribution in [0.2, 0.25) is 0 Å². The van der Waals surface area contributed by atoms with E-state index in [1.807, 2.05) is 0 Å². The zero-order valence-corrected chi connectivity index (χ0v) is 13.5. The molecule has 1 N–H and O–H groups in total. The van der Waals surface area contributed by atoms with Crippen LogP contribution in [0.15, 0.2) is 12.3 Å². The van der Waals surface area contributed by atoms with Gasteiger partial charge in [0.1, 0.15) is 0 Å². The number of hydrogen-bond acceptors (Lipinski definition) is 3. The molecule has 1 aromatic heterocycles. The molecule has 3 nitrogen and oxygen atoms in total. The highest BCUT2D eigenvalue weighted by Crippen LogP contribution is 2.28. The van der Waals surface area contributed by atoms with Crippen LogP contribution in [0, 0.1) is 5.82 Å². The highest BCUT2D eigenvalue weighted by atomic mass is 19.1. The van der Waals surface area contributed by atoms with Gasteiger partial charge in [-0.3, -0.25) is 0 Å². The second-order valence-corrected chi connectivity index (χ2v) is 6.27. The van der Waals surface area contributed by atoms with Gasteiger partial charge < -0.3 is 10.2 Å². The lowest BCUT2D eigenvalue weighted by Gasteiger charge is -2.37. The maximum Gasteiger partial charge on any atom is 0.170 e. The summed E-state index contributed by atoms with van der Waals surface area (Å²) in [6, 6.07) is 2.58. The number of nitrogens with one attached hydrogen (secondary N) is 1. The first kappa shape index (κ1) is 16.2. The molecule has 1 aromatic rings. The Kier molecular flexibility index (Phi) is 5.97. The summed E-state index contributed by atoms with van der Waals surface area (Å²) in [6.07, 6.45) is 7.54. The van der Waals surface area contributed by atoms with Gasteiger partial charge in [-0.25, -0.2) is 9.37 Å². The molecule has 0 bridgehead atoms. The Morgan fingerprint density at radius 1 is 1.43 bits per heavy atom. The van der Waals surface area contributed by atoms with Crippen LogP contribution in [-0.4, -0.2) is 23.6 Å². The smallest absolute Gasteiger partial charge is 0.170 e. The topological polar surface area (TPSA) is 28.2 Å². The van der Waals surface area contributed by atoms with E-state index in [-0.39, 0.29) is 5.82 Å². The van der Waals surface area contributed by atoms with Crippen molar-refractivity contribution in [3.63, 3.8) is 0 Å². The number of anilines is 1. The van der Waals surface area contributed by atoms with Crippen molar-refractivity contribution in [2.24, 2.45) is 0 Å². The minimum Gasteiger partial charge on any atom is -0.351 e. The second kappa shape index (κ2) is 7.74. The van der Waals surface area contributed by atoms with Crippen molar-refractivity contribution in [3.8, 4) is 0 Å². The van der Waals surface area contributed by atoms with Gasteiger partial charge in [0.15, 0.2) is 11.6 Å². The molecule has 1 atom stereocenters. The molecular formula is C17H28FN3. The van der Waals surface area contributed by atoms with Crippen molar-refractivity contribution in [1.82, 2.24) is 10.3 Å². The quantitative estimate of drug-likeness (QED) is 0.863. The average Bonchev–Trinajstić information content (AvgIpc) is 2.47. The van der Waals surface area contributed by atoms with Gasteiger partial charge in [0.05, 0.1) is 0 Å². The lowest BCUT2D eigenvalue weighted by Crippen LogP contribution is -2.40. The third kappa shape index (κ3) is 4.16. The van der Waals surface area contributed by atoms with Crippen LogP contribution in [0.25, 0.3) is 0 Å². The van der Waals surface area contributed by atoms with Crippen molar-refractivity contribution in [3.05, 3.63) is 23.6 Å². The largest absolute Gasteiger partial charge is 0.351 e. The fourth-order valence-corrected chi connectivity index (χ4v) is 3.03. The molecule has 1 fully saturated rings. The zero-order chi connectivity index (χ0) is 15.2. The van der Waals surface area contributed by atoms with Crippen LogP contribution >= 0.6 is 0 Å². The number of pyridine rings is 1. The predicted octanol–water partition coefficient (Wildman–Crippen LogP) is 3.88. The second-order valence-electron chi connectivity index (χ2n) is 6.27. The maximum absolute atomic E-state index is 14.8. The molecule has 0 radical (unpaired) electrons. The summed E-state index contributed by atoms with van der Waals surface area (Å²) in [5.41, 5.74) is 0.717. The maximum atomic E-state index is 14.8. The third-order valence-corrected chi connectivity index (χ3v) is 4.17. The van der Waals surface area contributed by atoms with Gasteiger partial charge >= 0.3 is 0 Å². The van der Waals surface area contributed by atoms with Crippen LogP contribution in [0.1, 0.15) is 58.4 Å². The number of nitrogens with zero attached hydrogens (tertiary/aromatic N) is 2. The first-order valence-corrected chi connectivity index (χ1v) is 8.26. The van der Waals surface area contributed by atoms with Crippen LogP contribution in [0.4, 0.5) is 10.2 Å². The Hall–Kier alpha value is -1.16. The van der Waals surface area contributed by atoms with E-state index in [0.717, 1.165) is 37.8 Å². The van der Waals surface area contributed by atoms with Gasteiger partial charge in [0, 0.05) is 36.9 Å². The highest BCUT2D eigenvalue weighted by Gasteiger charge is 2.26. The Morgan fingerprint density at radius 2 is 2.24 bits per heavy atom. The Balaban J connectivity index is 2.19. The molecule has 0 amide bonds. The molecule has 2 rings (SSSR count). The van der Waals surface area contributed by atoms with Crippen LogP contribution in [0.5, 0.6) is 0 Å².